The van der Waals surface area contributed by atoms with Crippen LogP contribution >= 0.6 is 23.6 Å². The Morgan fingerprint density at radius 2 is 2.30 bits per heavy atom. The third-order valence-corrected chi connectivity index (χ3v) is 3.38. The average Bonchev–Trinajstić information content (AvgIpc) is 2.94. The highest BCUT2D eigenvalue weighted by molar-refractivity contribution is 7.80. The number of rotatable bonds is 6. The van der Waals surface area contributed by atoms with E-state index in [1.165, 1.54) is 11.3 Å². The number of anilines is 1. The van der Waals surface area contributed by atoms with Gasteiger partial charge in [-0.1, -0.05) is 0 Å². The maximum atomic E-state index is 5.53. The molecule has 0 unspecified atom stereocenters. The van der Waals surface area contributed by atoms with Crippen LogP contribution in [0, 0.1) is 0 Å². The molecule has 7 heteroatoms. The van der Waals surface area contributed by atoms with Gasteiger partial charge in [0.15, 0.2) is 10.2 Å². The first-order valence-corrected chi connectivity index (χ1v) is 7.59. The highest BCUT2D eigenvalue weighted by Gasteiger charge is 2.04. The Morgan fingerprint density at radius 3 is 3.05 bits per heavy atom. The summed E-state index contributed by atoms with van der Waals surface area (Å²) in [6.45, 7) is 3.28. The second-order valence-electron chi connectivity index (χ2n) is 3.85. The Hall–Kier alpha value is -1.73. The summed E-state index contributed by atoms with van der Waals surface area (Å²) in [5.41, 5.74) is 0.930. The minimum absolute atomic E-state index is 0.564. The van der Waals surface area contributed by atoms with E-state index in [1.54, 1.807) is 12.4 Å². The molecule has 0 radical (unpaired) electrons. The van der Waals surface area contributed by atoms with Gasteiger partial charge < -0.3 is 15.4 Å². The molecule has 0 fully saturated rings. The van der Waals surface area contributed by atoms with Crippen molar-refractivity contribution in [1.82, 2.24) is 15.3 Å². The van der Waals surface area contributed by atoms with Crippen molar-refractivity contribution in [3.8, 4) is 5.75 Å². The van der Waals surface area contributed by atoms with Crippen LogP contribution in [0.15, 0.2) is 29.9 Å². The smallest absolute Gasteiger partial charge is 0.188 e. The molecule has 2 rings (SSSR count). The Bertz CT molecular complexity index is 545. The Kier molecular flexibility index (Phi) is 5.69. The Labute approximate surface area is 127 Å². The zero-order valence-corrected chi connectivity index (χ0v) is 12.8. The molecule has 2 N–H and O–H groups in total. The summed E-state index contributed by atoms with van der Waals surface area (Å²) in [6.07, 6.45) is 4.25. The van der Waals surface area contributed by atoms with Crippen LogP contribution in [0.25, 0.3) is 0 Å². The molecular weight excluding hydrogens is 292 g/mol. The first-order chi connectivity index (χ1) is 9.79. The van der Waals surface area contributed by atoms with Crippen LogP contribution in [0.4, 0.5) is 5.13 Å². The minimum atomic E-state index is 0.564. The molecule has 0 saturated heterocycles. The second-order valence-corrected chi connectivity index (χ2v) is 5.15. The number of hydrogen-bond acceptors (Lipinski definition) is 5. The van der Waals surface area contributed by atoms with Gasteiger partial charge in [0.05, 0.1) is 12.3 Å². The van der Waals surface area contributed by atoms with E-state index in [9.17, 15) is 0 Å². The summed E-state index contributed by atoms with van der Waals surface area (Å²) >= 11 is 6.70. The predicted octanol–water partition coefficient (Wildman–Crippen LogP) is 2.47. The molecule has 0 aliphatic carbocycles. The molecule has 2 aromatic heterocycles. The summed E-state index contributed by atoms with van der Waals surface area (Å²) < 4.78 is 5.53. The normalized spacial score (nSPS) is 10.1. The summed E-state index contributed by atoms with van der Waals surface area (Å²) in [6, 6.07) is 3.80. The molecule has 5 nitrogen and oxygen atoms in total. The Morgan fingerprint density at radius 1 is 1.40 bits per heavy atom. The molecule has 0 aliphatic heterocycles. The number of nitrogens with one attached hydrogen (secondary N) is 2. The number of ether oxygens (including phenoxy) is 1. The highest BCUT2D eigenvalue weighted by atomic mass is 32.1. The summed E-state index contributed by atoms with van der Waals surface area (Å²) in [5, 5.41) is 9.40. The number of pyridine rings is 1. The van der Waals surface area contributed by atoms with Crippen molar-refractivity contribution in [3.05, 3.63) is 35.6 Å². The van der Waals surface area contributed by atoms with Crippen molar-refractivity contribution in [3.63, 3.8) is 0 Å². The van der Waals surface area contributed by atoms with Gasteiger partial charge in [0.1, 0.15) is 5.75 Å². The third-order valence-electron chi connectivity index (χ3n) is 2.45. The predicted molar refractivity (Wildman–Crippen MR) is 85.4 cm³/mol. The van der Waals surface area contributed by atoms with Crippen LogP contribution in [0.2, 0.25) is 0 Å². The lowest BCUT2D eigenvalue weighted by atomic mass is 10.2. The fourth-order valence-electron chi connectivity index (χ4n) is 1.62. The second kappa shape index (κ2) is 7.76. The van der Waals surface area contributed by atoms with E-state index in [1.807, 2.05) is 24.4 Å². The maximum Gasteiger partial charge on any atom is 0.188 e. The average molecular weight is 308 g/mol. The lowest BCUT2D eigenvalue weighted by Crippen LogP contribution is -2.30. The maximum absolute atomic E-state index is 5.53. The fraction of sp³-hybridized carbons (Fsp3) is 0.308. The number of hydrogen-bond donors (Lipinski definition) is 2. The van der Waals surface area contributed by atoms with E-state index < -0.39 is 0 Å². The van der Waals surface area contributed by atoms with Crippen LogP contribution in [-0.2, 0) is 6.42 Å². The molecule has 0 saturated carbocycles. The van der Waals surface area contributed by atoms with Gasteiger partial charge in [-0.05, 0) is 31.3 Å². The molecule has 0 bridgehead atoms. The fourth-order valence-corrected chi connectivity index (χ4v) is 2.42. The van der Waals surface area contributed by atoms with E-state index in [2.05, 4.69) is 20.6 Å². The SMILES string of the molecule is CCOc1cccnc1CCNC(=S)Nc1nccs1. The lowest BCUT2D eigenvalue weighted by molar-refractivity contribution is 0.334. The van der Waals surface area contributed by atoms with Gasteiger partial charge in [-0.25, -0.2) is 4.98 Å². The number of aromatic nitrogens is 2. The van der Waals surface area contributed by atoms with E-state index in [0.717, 1.165) is 23.0 Å². The molecule has 0 aromatic carbocycles. The van der Waals surface area contributed by atoms with Crippen LogP contribution in [0.5, 0.6) is 5.75 Å². The molecule has 2 aromatic rings. The first kappa shape index (κ1) is 14.7. The van der Waals surface area contributed by atoms with E-state index in [0.29, 0.717) is 18.3 Å². The van der Waals surface area contributed by atoms with Crippen molar-refractivity contribution in [1.29, 1.82) is 0 Å². The zero-order chi connectivity index (χ0) is 14.2. The van der Waals surface area contributed by atoms with E-state index in [4.69, 9.17) is 17.0 Å². The van der Waals surface area contributed by atoms with Crippen molar-refractivity contribution in [2.24, 2.45) is 0 Å². The highest BCUT2D eigenvalue weighted by Crippen LogP contribution is 2.15. The molecule has 106 valence electrons. The largest absolute Gasteiger partial charge is 0.492 e. The number of nitrogens with zero attached hydrogens (tertiary/aromatic N) is 2. The molecule has 0 spiro atoms. The number of thiocarbonyl (C=S) groups is 1. The van der Waals surface area contributed by atoms with Crippen LogP contribution < -0.4 is 15.4 Å². The van der Waals surface area contributed by atoms with Gasteiger partial charge in [-0.2, -0.15) is 0 Å². The van der Waals surface area contributed by atoms with Crippen LogP contribution in [-0.4, -0.2) is 28.2 Å². The lowest BCUT2D eigenvalue weighted by Gasteiger charge is -2.10. The number of thiazole rings is 1. The van der Waals surface area contributed by atoms with Gasteiger partial charge in [0.2, 0.25) is 0 Å². The van der Waals surface area contributed by atoms with Crippen molar-refractivity contribution >= 4 is 33.8 Å². The van der Waals surface area contributed by atoms with Gasteiger partial charge in [0, 0.05) is 30.7 Å². The molecule has 0 atom stereocenters. The first-order valence-electron chi connectivity index (χ1n) is 6.30. The quantitative estimate of drug-likeness (QED) is 0.800. The molecular formula is C13H16N4OS2. The van der Waals surface area contributed by atoms with E-state index in [-0.39, 0.29) is 0 Å². The zero-order valence-electron chi connectivity index (χ0n) is 11.1. The van der Waals surface area contributed by atoms with E-state index >= 15 is 0 Å². The van der Waals surface area contributed by atoms with Crippen LogP contribution in [0.3, 0.4) is 0 Å². The monoisotopic (exact) mass is 308 g/mol. The topological polar surface area (TPSA) is 59.1 Å². The third kappa shape index (κ3) is 4.43. The Balaban J connectivity index is 1.79. The molecule has 20 heavy (non-hydrogen) atoms. The summed E-state index contributed by atoms with van der Waals surface area (Å²) in [7, 11) is 0. The van der Waals surface area contributed by atoms with Crippen LogP contribution in [0.1, 0.15) is 12.6 Å². The molecule has 2 heterocycles. The van der Waals surface area contributed by atoms with Gasteiger partial charge in [-0.3, -0.25) is 4.98 Å². The van der Waals surface area contributed by atoms with Crippen molar-refractivity contribution < 1.29 is 4.74 Å². The van der Waals surface area contributed by atoms with Gasteiger partial charge >= 0.3 is 0 Å². The van der Waals surface area contributed by atoms with Crippen molar-refractivity contribution in [2.45, 2.75) is 13.3 Å². The minimum Gasteiger partial charge on any atom is -0.492 e. The summed E-state index contributed by atoms with van der Waals surface area (Å²) in [4.78, 5) is 8.44. The summed E-state index contributed by atoms with van der Waals surface area (Å²) in [5.74, 6) is 0.829. The van der Waals surface area contributed by atoms with Gasteiger partial charge in [0.25, 0.3) is 0 Å². The van der Waals surface area contributed by atoms with Crippen molar-refractivity contribution in [2.75, 3.05) is 18.5 Å². The van der Waals surface area contributed by atoms with Gasteiger partial charge in [-0.15, -0.1) is 11.3 Å². The molecule has 0 amide bonds. The standard InChI is InChI=1S/C13H16N4OS2/c1-2-18-11-4-3-6-14-10(11)5-7-15-12(19)17-13-16-8-9-20-13/h3-4,6,8-9H,2,5,7H2,1H3,(H2,15,16,17,19). The molecule has 0 aliphatic rings.